The van der Waals surface area contributed by atoms with Crippen molar-refractivity contribution in [2.75, 3.05) is 20.1 Å². The number of nitrogens with zero attached hydrogens (tertiary/aromatic N) is 1. The molecule has 0 spiro atoms. The molecule has 1 amide bonds. The van der Waals surface area contributed by atoms with Crippen LogP contribution in [0, 0.1) is 17.3 Å². The standard InChI is InChI=1S/C24H36N2O/c1-18-11-19-13-23(2,15-22(27)25-21-9-10-26(3)16-21)17-24(12-18,14-19)20-7-5-4-6-8-20/h4-8,18-19,21H,9-17H2,1-3H3,(H,25,27). The first kappa shape index (κ1) is 19.0. The fourth-order valence-corrected chi connectivity index (χ4v) is 6.91. The van der Waals surface area contributed by atoms with E-state index < -0.39 is 0 Å². The number of carbonyl (C=O) groups is 1. The van der Waals surface area contributed by atoms with Crippen LogP contribution < -0.4 is 5.32 Å². The zero-order chi connectivity index (χ0) is 19.1. The van der Waals surface area contributed by atoms with Crippen LogP contribution in [0.4, 0.5) is 0 Å². The zero-order valence-electron chi connectivity index (χ0n) is 17.3. The summed E-state index contributed by atoms with van der Waals surface area (Å²) in [4.78, 5) is 15.2. The van der Waals surface area contributed by atoms with Gasteiger partial charge < -0.3 is 10.2 Å². The highest BCUT2D eigenvalue weighted by Crippen LogP contribution is 2.58. The third-order valence-corrected chi connectivity index (χ3v) is 7.43. The number of likely N-dealkylation sites (N-methyl/N-ethyl adjacent to an activating group) is 1. The van der Waals surface area contributed by atoms with Crippen LogP contribution >= 0.6 is 0 Å². The van der Waals surface area contributed by atoms with E-state index in [1.165, 1.54) is 31.2 Å². The predicted molar refractivity (Wildman–Crippen MR) is 111 cm³/mol. The van der Waals surface area contributed by atoms with Crippen molar-refractivity contribution >= 4 is 5.91 Å². The Kier molecular flexibility index (Phi) is 5.09. The Hall–Kier alpha value is -1.35. The van der Waals surface area contributed by atoms with E-state index in [9.17, 15) is 4.79 Å². The lowest BCUT2D eigenvalue weighted by Crippen LogP contribution is -2.48. The van der Waals surface area contributed by atoms with Crippen molar-refractivity contribution < 1.29 is 4.79 Å². The second kappa shape index (κ2) is 7.24. The third kappa shape index (κ3) is 4.08. The van der Waals surface area contributed by atoms with Crippen molar-refractivity contribution in [3.05, 3.63) is 35.9 Å². The molecule has 1 heterocycles. The summed E-state index contributed by atoms with van der Waals surface area (Å²) in [5.74, 6) is 1.82. The fraction of sp³-hybridized carbons (Fsp3) is 0.708. The van der Waals surface area contributed by atoms with Gasteiger partial charge in [-0.05, 0) is 80.3 Å². The molecule has 2 saturated carbocycles. The minimum Gasteiger partial charge on any atom is -0.352 e. The summed E-state index contributed by atoms with van der Waals surface area (Å²) in [5.41, 5.74) is 1.89. The summed E-state index contributed by atoms with van der Waals surface area (Å²) in [5, 5.41) is 3.33. The SMILES string of the molecule is CC1CC2CC(C)(CC(=O)NC3CCN(C)C3)CC(c3ccccc3)(C1)C2. The molecule has 4 rings (SSSR count). The normalized spacial score (nSPS) is 39.3. The summed E-state index contributed by atoms with van der Waals surface area (Å²) in [6, 6.07) is 11.5. The van der Waals surface area contributed by atoms with Gasteiger partial charge in [0, 0.05) is 19.0 Å². The van der Waals surface area contributed by atoms with Crippen LogP contribution in [0.1, 0.15) is 64.4 Å². The highest BCUT2D eigenvalue weighted by atomic mass is 16.1. The molecule has 3 aliphatic rings. The molecule has 3 fully saturated rings. The number of hydrogen-bond acceptors (Lipinski definition) is 2. The third-order valence-electron chi connectivity index (χ3n) is 7.43. The molecular weight excluding hydrogens is 332 g/mol. The van der Waals surface area contributed by atoms with E-state index in [0.29, 0.717) is 12.5 Å². The molecule has 2 bridgehead atoms. The van der Waals surface area contributed by atoms with Crippen molar-refractivity contribution in [3.63, 3.8) is 0 Å². The Morgan fingerprint density at radius 2 is 2.00 bits per heavy atom. The molecule has 3 nitrogen and oxygen atoms in total. The average molecular weight is 369 g/mol. The molecule has 1 saturated heterocycles. The summed E-state index contributed by atoms with van der Waals surface area (Å²) in [6.07, 6.45) is 8.07. The fourth-order valence-electron chi connectivity index (χ4n) is 6.91. The quantitative estimate of drug-likeness (QED) is 0.856. The predicted octanol–water partition coefficient (Wildman–Crippen LogP) is 4.37. The average Bonchev–Trinajstić information content (AvgIpc) is 2.98. The lowest BCUT2D eigenvalue weighted by Gasteiger charge is -2.55. The second-order valence-corrected chi connectivity index (χ2v) is 10.4. The topological polar surface area (TPSA) is 32.3 Å². The van der Waals surface area contributed by atoms with Crippen LogP contribution in [-0.2, 0) is 10.2 Å². The molecule has 27 heavy (non-hydrogen) atoms. The van der Waals surface area contributed by atoms with Gasteiger partial charge in [-0.25, -0.2) is 0 Å². The molecule has 1 aromatic rings. The van der Waals surface area contributed by atoms with E-state index in [1.54, 1.807) is 0 Å². The van der Waals surface area contributed by atoms with Crippen LogP contribution in [0.5, 0.6) is 0 Å². The summed E-state index contributed by atoms with van der Waals surface area (Å²) in [6.45, 7) is 6.90. The van der Waals surface area contributed by atoms with Gasteiger partial charge in [-0.2, -0.15) is 0 Å². The number of amides is 1. The monoisotopic (exact) mass is 368 g/mol. The maximum atomic E-state index is 12.9. The molecule has 5 atom stereocenters. The number of fused-ring (bicyclic) bond motifs is 2. The van der Waals surface area contributed by atoms with Gasteiger partial charge in [0.2, 0.25) is 5.91 Å². The lowest BCUT2D eigenvalue weighted by atomic mass is 9.50. The van der Waals surface area contributed by atoms with Gasteiger partial charge >= 0.3 is 0 Å². The number of likely N-dealkylation sites (tertiary alicyclic amines) is 1. The van der Waals surface area contributed by atoms with Gasteiger partial charge in [-0.3, -0.25) is 4.79 Å². The van der Waals surface area contributed by atoms with Crippen LogP contribution in [0.25, 0.3) is 0 Å². The highest BCUT2D eigenvalue weighted by molar-refractivity contribution is 5.77. The molecular formula is C24H36N2O. The minimum absolute atomic E-state index is 0.119. The summed E-state index contributed by atoms with van der Waals surface area (Å²) < 4.78 is 0. The van der Waals surface area contributed by atoms with Crippen molar-refractivity contribution in [3.8, 4) is 0 Å². The molecule has 3 heteroatoms. The van der Waals surface area contributed by atoms with Crippen molar-refractivity contribution in [2.24, 2.45) is 17.3 Å². The summed E-state index contributed by atoms with van der Waals surface area (Å²) >= 11 is 0. The summed E-state index contributed by atoms with van der Waals surface area (Å²) in [7, 11) is 2.14. The van der Waals surface area contributed by atoms with E-state index in [0.717, 1.165) is 37.8 Å². The highest BCUT2D eigenvalue weighted by Gasteiger charge is 2.50. The van der Waals surface area contributed by atoms with Gasteiger partial charge in [0.1, 0.15) is 0 Å². The van der Waals surface area contributed by atoms with Crippen LogP contribution in [0.2, 0.25) is 0 Å². The van der Waals surface area contributed by atoms with Gasteiger partial charge in [0.15, 0.2) is 0 Å². The molecule has 2 aliphatic carbocycles. The van der Waals surface area contributed by atoms with E-state index in [1.807, 2.05) is 0 Å². The first-order valence-corrected chi connectivity index (χ1v) is 10.9. The number of rotatable bonds is 4. The van der Waals surface area contributed by atoms with Crippen molar-refractivity contribution in [2.45, 2.75) is 70.3 Å². The number of benzene rings is 1. The molecule has 1 N–H and O–H groups in total. The molecule has 0 radical (unpaired) electrons. The number of hydrogen-bond donors (Lipinski definition) is 1. The largest absolute Gasteiger partial charge is 0.352 e. The first-order chi connectivity index (χ1) is 12.9. The second-order valence-electron chi connectivity index (χ2n) is 10.4. The van der Waals surface area contributed by atoms with Gasteiger partial charge in [0.25, 0.3) is 0 Å². The molecule has 1 aliphatic heterocycles. The maximum Gasteiger partial charge on any atom is 0.220 e. The molecule has 0 aromatic heterocycles. The molecule has 148 valence electrons. The molecule has 5 unspecified atom stereocenters. The number of nitrogens with one attached hydrogen (secondary N) is 1. The van der Waals surface area contributed by atoms with Crippen LogP contribution in [0.3, 0.4) is 0 Å². The Morgan fingerprint density at radius 3 is 2.70 bits per heavy atom. The maximum absolute atomic E-state index is 12.9. The Labute approximate surface area is 164 Å². The van der Waals surface area contributed by atoms with E-state index >= 15 is 0 Å². The first-order valence-electron chi connectivity index (χ1n) is 10.9. The van der Waals surface area contributed by atoms with Crippen molar-refractivity contribution in [1.29, 1.82) is 0 Å². The zero-order valence-corrected chi connectivity index (χ0v) is 17.3. The van der Waals surface area contributed by atoms with Crippen LogP contribution in [0.15, 0.2) is 30.3 Å². The smallest absolute Gasteiger partial charge is 0.220 e. The Bertz CT molecular complexity index is 670. The lowest BCUT2D eigenvalue weighted by molar-refractivity contribution is -0.125. The Morgan fingerprint density at radius 1 is 1.22 bits per heavy atom. The Balaban J connectivity index is 1.50. The van der Waals surface area contributed by atoms with Crippen LogP contribution in [-0.4, -0.2) is 37.0 Å². The number of carbonyl (C=O) groups excluding carboxylic acids is 1. The van der Waals surface area contributed by atoms with Gasteiger partial charge in [0.05, 0.1) is 0 Å². The van der Waals surface area contributed by atoms with Crippen molar-refractivity contribution in [1.82, 2.24) is 10.2 Å². The molecule has 1 aromatic carbocycles. The van der Waals surface area contributed by atoms with Gasteiger partial charge in [-0.15, -0.1) is 0 Å². The van der Waals surface area contributed by atoms with E-state index in [-0.39, 0.29) is 16.7 Å². The van der Waals surface area contributed by atoms with E-state index in [2.05, 4.69) is 61.4 Å². The van der Waals surface area contributed by atoms with Gasteiger partial charge in [-0.1, -0.05) is 44.2 Å². The minimum atomic E-state index is 0.119. The van der Waals surface area contributed by atoms with E-state index in [4.69, 9.17) is 0 Å².